The van der Waals surface area contributed by atoms with E-state index in [1.165, 1.54) is 4.90 Å². The highest BCUT2D eigenvalue weighted by atomic mass is 19.4. The summed E-state index contributed by atoms with van der Waals surface area (Å²) in [5, 5.41) is 15.1. The van der Waals surface area contributed by atoms with Crippen molar-refractivity contribution < 1.29 is 18.0 Å². The number of alkyl halides is 3. The van der Waals surface area contributed by atoms with Gasteiger partial charge in [0.25, 0.3) is 11.5 Å². The van der Waals surface area contributed by atoms with Crippen molar-refractivity contribution in [3.63, 3.8) is 0 Å². The predicted octanol–water partition coefficient (Wildman–Crippen LogP) is 1.35. The number of halogens is 3. The molecular weight excluding hydrogens is 249 g/mol. The molecule has 0 N–H and O–H groups in total. The maximum atomic E-state index is 12.5. The van der Waals surface area contributed by atoms with Gasteiger partial charge in [0, 0.05) is 20.2 Å². The molecule has 1 aromatic carbocycles. The molecule has 0 fully saturated rings. The minimum atomic E-state index is -4.50. The van der Waals surface area contributed by atoms with Crippen LogP contribution in [0.5, 0.6) is 0 Å². The summed E-state index contributed by atoms with van der Waals surface area (Å²) in [4.78, 5) is 5.62. The standard InChI is InChI=1S/C10H9F3N4O/c1-16(2)9-14-7-4-3-6(10(11,12)13)5-8(7)17(18)15-9/h3-5H,1-2H3. The number of anilines is 1. The minimum Gasteiger partial charge on any atom is -0.594 e. The zero-order valence-corrected chi connectivity index (χ0v) is 9.56. The second-order valence-corrected chi connectivity index (χ2v) is 3.88. The number of hydrogen-bond donors (Lipinski definition) is 0. The Hall–Kier alpha value is -2.12. The molecule has 0 bridgehead atoms. The maximum absolute atomic E-state index is 12.5. The Balaban J connectivity index is 2.66. The van der Waals surface area contributed by atoms with Crippen molar-refractivity contribution in [2.45, 2.75) is 6.18 Å². The molecule has 0 aliphatic carbocycles. The monoisotopic (exact) mass is 258 g/mol. The average Bonchev–Trinajstić information content (AvgIpc) is 2.27. The molecule has 2 aromatic rings. The van der Waals surface area contributed by atoms with Crippen LogP contribution < -0.4 is 9.75 Å². The van der Waals surface area contributed by atoms with E-state index in [4.69, 9.17) is 0 Å². The first-order valence-electron chi connectivity index (χ1n) is 4.95. The maximum Gasteiger partial charge on any atom is 0.416 e. The third kappa shape index (κ3) is 2.13. The first-order valence-corrected chi connectivity index (χ1v) is 4.95. The zero-order chi connectivity index (χ0) is 13.5. The van der Waals surface area contributed by atoms with Gasteiger partial charge in [-0.05, 0) is 17.0 Å². The fourth-order valence-corrected chi connectivity index (χ4v) is 1.40. The molecule has 0 radical (unpaired) electrons. The molecule has 0 spiro atoms. The summed E-state index contributed by atoms with van der Waals surface area (Å²) >= 11 is 0. The summed E-state index contributed by atoms with van der Waals surface area (Å²) in [6.07, 6.45) is -4.50. The van der Waals surface area contributed by atoms with Gasteiger partial charge in [0.2, 0.25) is 0 Å². The van der Waals surface area contributed by atoms with E-state index in [-0.39, 0.29) is 21.8 Å². The summed E-state index contributed by atoms with van der Waals surface area (Å²) in [5.74, 6) is 0.136. The number of fused-ring (bicyclic) bond motifs is 1. The number of nitrogens with zero attached hydrogens (tertiary/aromatic N) is 4. The van der Waals surface area contributed by atoms with Gasteiger partial charge < -0.3 is 10.1 Å². The van der Waals surface area contributed by atoms with Crippen LogP contribution in [0.25, 0.3) is 11.0 Å². The quantitative estimate of drug-likeness (QED) is 0.572. The predicted molar refractivity (Wildman–Crippen MR) is 57.8 cm³/mol. The van der Waals surface area contributed by atoms with E-state index in [0.29, 0.717) is 0 Å². The topological polar surface area (TPSA) is 56.0 Å². The lowest BCUT2D eigenvalue weighted by molar-refractivity contribution is -0.641. The molecule has 8 heteroatoms. The highest BCUT2D eigenvalue weighted by molar-refractivity contribution is 5.72. The van der Waals surface area contributed by atoms with Crippen molar-refractivity contribution in [2.75, 3.05) is 19.0 Å². The lowest BCUT2D eigenvalue weighted by atomic mass is 10.2. The molecule has 5 nitrogen and oxygen atoms in total. The molecule has 1 aromatic heterocycles. The van der Waals surface area contributed by atoms with Crippen molar-refractivity contribution in [1.29, 1.82) is 0 Å². The molecule has 2 rings (SSSR count). The molecule has 0 aliphatic rings. The Labute approximate surface area is 100 Å². The van der Waals surface area contributed by atoms with E-state index in [0.717, 1.165) is 18.2 Å². The molecule has 0 saturated heterocycles. The average molecular weight is 258 g/mol. The molecule has 1 heterocycles. The van der Waals surface area contributed by atoms with Crippen LogP contribution in [0.4, 0.5) is 19.1 Å². The van der Waals surface area contributed by atoms with Crippen LogP contribution in [-0.2, 0) is 6.18 Å². The van der Waals surface area contributed by atoms with Crippen LogP contribution in [0.3, 0.4) is 0 Å². The van der Waals surface area contributed by atoms with Crippen LogP contribution in [0, 0.1) is 5.21 Å². The van der Waals surface area contributed by atoms with Crippen LogP contribution >= 0.6 is 0 Å². The van der Waals surface area contributed by atoms with Gasteiger partial charge >= 0.3 is 6.18 Å². The number of benzene rings is 1. The Bertz CT molecular complexity index is 597. The summed E-state index contributed by atoms with van der Waals surface area (Å²) < 4.78 is 37.5. The third-order valence-electron chi connectivity index (χ3n) is 2.31. The zero-order valence-electron chi connectivity index (χ0n) is 9.56. The fourth-order valence-electron chi connectivity index (χ4n) is 1.40. The Morgan fingerprint density at radius 3 is 2.50 bits per heavy atom. The van der Waals surface area contributed by atoms with Gasteiger partial charge in [0.05, 0.1) is 10.7 Å². The molecule has 0 unspecified atom stereocenters. The van der Waals surface area contributed by atoms with Crippen LogP contribution in [0.2, 0.25) is 0 Å². The number of hydrogen-bond acceptors (Lipinski definition) is 4. The van der Waals surface area contributed by atoms with Crippen LogP contribution in [0.1, 0.15) is 5.56 Å². The summed E-state index contributed by atoms with van der Waals surface area (Å²) in [5.41, 5.74) is -0.951. The normalized spacial score (nSPS) is 11.8. The van der Waals surface area contributed by atoms with Crippen molar-refractivity contribution in [2.24, 2.45) is 0 Å². The van der Waals surface area contributed by atoms with E-state index in [1.807, 2.05) is 0 Å². The Kier molecular flexibility index (Phi) is 2.72. The van der Waals surface area contributed by atoms with Gasteiger partial charge in [-0.2, -0.15) is 13.2 Å². The second kappa shape index (κ2) is 3.97. The van der Waals surface area contributed by atoms with Crippen molar-refractivity contribution >= 4 is 17.0 Å². The Morgan fingerprint density at radius 2 is 1.94 bits per heavy atom. The molecular formula is C10H9F3N4O. The largest absolute Gasteiger partial charge is 0.594 e. The number of rotatable bonds is 1. The molecule has 18 heavy (non-hydrogen) atoms. The molecule has 0 atom stereocenters. The molecule has 0 aliphatic heterocycles. The molecule has 0 amide bonds. The van der Waals surface area contributed by atoms with Crippen LogP contribution in [0.15, 0.2) is 18.2 Å². The van der Waals surface area contributed by atoms with Gasteiger partial charge in [-0.1, -0.05) is 0 Å². The summed E-state index contributed by atoms with van der Waals surface area (Å²) in [6, 6.07) is 2.78. The first-order chi connectivity index (χ1) is 8.29. The summed E-state index contributed by atoms with van der Waals surface area (Å²) in [6.45, 7) is 0. The van der Waals surface area contributed by atoms with Crippen molar-refractivity contribution in [3.8, 4) is 0 Å². The van der Waals surface area contributed by atoms with E-state index in [9.17, 15) is 18.4 Å². The van der Waals surface area contributed by atoms with Gasteiger partial charge in [-0.25, -0.2) is 4.98 Å². The van der Waals surface area contributed by atoms with Crippen LogP contribution in [-0.4, -0.2) is 24.2 Å². The van der Waals surface area contributed by atoms with Gasteiger partial charge in [0.1, 0.15) is 5.52 Å². The smallest absolute Gasteiger partial charge is 0.416 e. The molecule has 96 valence electrons. The molecule has 0 saturated carbocycles. The summed E-state index contributed by atoms with van der Waals surface area (Å²) in [7, 11) is 3.26. The SMILES string of the molecule is CN(C)c1nc2ccc(C(F)(F)F)cc2[n+]([O-])n1. The van der Waals surface area contributed by atoms with Crippen molar-refractivity contribution in [3.05, 3.63) is 29.0 Å². The second-order valence-electron chi connectivity index (χ2n) is 3.88. The van der Waals surface area contributed by atoms with E-state index in [2.05, 4.69) is 10.1 Å². The Morgan fingerprint density at radius 1 is 1.28 bits per heavy atom. The minimum absolute atomic E-state index is 0.136. The number of aromatic nitrogens is 3. The van der Waals surface area contributed by atoms with Gasteiger partial charge in [-0.15, -0.1) is 0 Å². The van der Waals surface area contributed by atoms with Crippen molar-refractivity contribution in [1.82, 2.24) is 10.1 Å². The highest BCUT2D eigenvalue weighted by Gasteiger charge is 2.32. The lowest BCUT2D eigenvalue weighted by Crippen LogP contribution is -2.35. The van der Waals surface area contributed by atoms with Gasteiger partial charge in [-0.3, -0.25) is 0 Å². The first kappa shape index (κ1) is 12.3. The van der Waals surface area contributed by atoms with Gasteiger partial charge in [0.15, 0.2) is 0 Å². The third-order valence-corrected chi connectivity index (χ3v) is 2.31. The van der Waals surface area contributed by atoms with E-state index < -0.39 is 11.7 Å². The fraction of sp³-hybridized carbons (Fsp3) is 0.300. The van der Waals surface area contributed by atoms with E-state index in [1.54, 1.807) is 14.1 Å². The highest BCUT2D eigenvalue weighted by Crippen LogP contribution is 2.30. The van der Waals surface area contributed by atoms with E-state index >= 15 is 0 Å². The lowest BCUT2D eigenvalue weighted by Gasteiger charge is -2.10.